The number of hydrogen-bond donors (Lipinski definition) is 0. The fourth-order valence-corrected chi connectivity index (χ4v) is 8.71. The second-order valence-corrected chi connectivity index (χ2v) is 12.2. The SMILES string of the molecule is C1=CC2=C(CC1)c1cc(-c3cccc4ccccc34)cc3c1=C2C1c2cccc4cccc(c24)C1C=3c1ccccc1. The molecular weight excluding hydrogens is 504 g/mol. The van der Waals surface area contributed by atoms with E-state index in [0.717, 1.165) is 12.8 Å². The highest BCUT2D eigenvalue weighted by atomic mass is 14.5. The lowest BCUT2D eigenvalue weighted by atomic mass is 9.71. The lowest BCUT2D eigenvalue weighted by Crippen LogP contribution is -2.38. The minimum atomic E-state index is 0.286. The van der Waals surface area contributed by atoms with E-state index >= 15 is 0 Å². The Morgan fingerprint density at radius 3 is 2.12 bits per heavy atom. The smallest absolute Gasteiger partial charge is 0.0218 e. The van der Waals surface area contributed by atoms with Crippen LogP contribution in [0.2, 0.25) is 0 Å². The fourth-order valence-electron chi connectivity index (χ4n) is 8.71. The van der Waals surface area contributed by atoms with E-state index in [4.69, 9.17) is 0 Å². The largest absolute Gasteiger partial charge is 0.0836 e. The molecule has 0 aromatic heterocycles. The Bertz CT molecular complexity index is 2340. The Hall–Kier alpha value is -4.94. The van der Waals surface area contributed by atoms with Gasteiger partial charge in [-0.2, -0.15) is 0 Å². The molecule has 10 rings (SSSR count). The Balaban J connectivity index is 1.41. The predicted octanol–water partition coefficient (Wildman–Crippen LogP) is 9.02. The second kappa shape index (κ2) is 8.30. The average molecular weight is 533 g/mol. The third-order valence-corrected chi connectivity index (χ3v) is 10.3. The summed E-state index contributed by atoms with van der Waals surface area (Å²) in [6.45, 7) is 0. The summed E-state index contributed by atoms with van der Waals surface area (Å²) in [6, 6.07) is 45.8. The Morgan fingerprint density at radius 1 is 0.548 bits per heavy atom. The van der Waals surface area contributed by atoms with Gasteiger partial charge in [0.25, 0.3) is 0 Å². The zero-order valence-electron chi connectivity index (χ0n) is 23.3. The van der Waals surface area contributed by atoms with E-state index in [2.05, 4.69) is 133 Å². The Labute approximate surface area is 245 Å². The summed E-state index contributed by atoms with van der Waals surface area (Å²) in [4.78, 5) is 0. The van der Waals surface area contributed by atoms with Crippen LogP contribution < -0.4 is 10.4 Å². The molecule has 0 saturated carbocycles. The van der Waals surface area contributed by atoms with Crippen LogP contribution in [-0.2, 0) is 0 Å². The quantitative estimate of drug-likeness (QED) is 0.209. The predicted molar refractivity (Wildman–Crippen MR) is 176 cm³/mol. The lowest BCUT2D eigenvalue weighted by molar-refractivity contribution is 0.793. The highest BCUT2D eigenvalue weighted by molar-refractivity contribution is 6.06. The number of benzene rings is 6. The summed E-state index contributed by atoms with van der Waals surface area (Å²) < 4.78 is 0. The van der Waals surface area contributed by atoms with Crippen LogP contribution in [0.4, 0.5) is 0 Å². The van der Waals surface area contributed by atoms with Gasteiger partial charge in [0, 0.05) is 11.8 Å². The van der Waals surface area contributed by atoms with Gasteiger partial charge in [-0.1, -0.05) is 121 Å². The van der Waals surface area contributed by atoms with Gasteiger partial charge in [-0.15, -0.1) is 0 Å². The van der Waals surface area contributed by atoms with E-state index in [-0.39, 0.29) is 5.92 Å². The molecule has 4 aliphatic carbocycles. The molecule has 0 aliphatic heterocycles. The first-order valence-electron chi connectivity index (χ1n) is 15.2. The van der Waals surface area contributed by atoms with Gasteiger partial charge in [0.1, 0.15) is 0 Å². The maximum Gasteiger partial charge on any atom is 0.0218 e. The molecule has 0 fully saturated rings. The summed E-state index contributed by atoms with van der Waals surface area (Å²) in [7, 11) is 0. The minimum absolute atomic E-state index is 0.286. The molecule has 6 aromatic rings. The molecular formula is C42H28. The van der Waals surface area contributed by atoms with Crippen molar-refractivity contribution in [1.29, 1.82) is 0 Å². The van der Waals surface area contributed by atoms with Gasteiger partial charge < -0.3 is 0 Å². The van der Waals surface area contributed by atoms with Crippen molar-refractivity contribution in [2.24, 2.45) is 0 Å². The second-order valence-electron chi connectivity index (χ2n) is 12.2. The molecule has 0 nitrogen and oxygen atoms in total. The fraction of sp³-hybridized carbons (Fsp3) is 0.0952. The maximum absolute atomic E-state index is 2.53. The van der Waals surface area contributed by atoms with E-state index in [1.165, 1.54) is 76.5 Å². The average Bonchev–Trinajstić information content (AvgIpc) is 3.56. The van der Waals surface area contributed by atoms with Gasteiger partial charge in [0.05, 0.1) is 0 Å². The third-order valence-electron chi connectivity index (χ3n) is 10.3. The standard InChI is InChI=1S/C42H28/c1-2-12-27(13-3-1)38-36-24-28(30-20-8-14-25-11-4-5-17-29(25)30)23-35-31-18-6-7-19-32(31)40(39(35)36)42-34-22-10-16-26-15-9-21-33(37(26)34)41(38)42/h1-5,7-17,19-24,41-42H,6,18H2. The molecule has 0 radical (unpaired) electrons. The van der Waals surface area contributed by atoms with Gasteiger partial charge in [-0.05, 0) is 113 Å². The normalized spacial score (nSPS) is 19.4. The number of allylic oxidation sites excluding steroid dienone is 4. The van der Waals surface area contributed by atoms with Crippen LogP contribution in [0, 0.1) is 0 Å². The zero-order chi connectivity index (χ0) is 27.4. The molecule has 2 unspecified atom stereocenters. The summed E-state index contributed by atoms with van der Waals surface area (Å²) in [5.41, 5.74) is 14.5. The highest BCUT2D eigenvalue weighted by Gasteiger charge is 2.45. The summed E-state index contributed by atoms with van der Waals surface area (Å²) >= 11 is 0. The Kier molecular flexibility index (Phi) is 4.49. The lowest BCUT2D eigenvalue weighted by Gasteiger charge is -2.31. The van der Waals surface area contributed by atoms with E-state index in [0.29, 0.717) is 5.92 Å². The number of rotatable bonds is 2. The van der Waals surface area contributed by atoms with Crippen molar-refractivity contribution in [2.45, 2.75) is 24.7 Å². The Morgan fingerprint density at radius 2 is 1.26 bits per heavy atom. The molecule has 4 aliphatic rings. The number of hydrogen-bond acceptors (Lipinski definition) is 0. The van der Waals surface area contributed by atoms with Crippen molar-refractivity contribution in [3.05, 3.63) is 172 Å². The van der Waals surface area contributed by atoms with E-state index in [9.17, 15) is 0 Å². The van der Waals surface area contributed by atoms with Crippen molar-refractivity contribution in [1.82, 2.24) is 0 Å². The number of fused-ring (bicyclic) bond motifs is 7. The molecule has 6 aromatic carbocycles. The van der Waals surface area contributed by atoms with Crippen LogP contribution in [-0.4, -0.2) is 0 Å². The van der Waals surface area contributed by atoms with E-state index in [1.807, 2.05) is 0 Å². The molecule has 0 amide bonds. The first-order chi connectivity index (χ1) is 20.9. The van der Waals surface area contributed by atoms with Crippen LogP contribution in [0.5, 0.6) is 0 Å². The van der Waals surface area contributed by atoms with Gasteiger partial charge in [0.2, 0.25) is 0 Å². The van der Waals surface area contributed by atoms with Crippen molar-refractivity contribution in [3.8, 4) is 11.1 Å². The van der Waals surface area contributed by atoms with Gasteiger partial charge in [0.15, 0.2) is 0 Å². The molecule has 42 heavy (non-hydrogen) atoms. The highest BCUT2D eigenvalue weighted by Crippen LogP contribution is 2.59. The molecule has 0 heterocycles. The van der Waals surface area contributed by atoms with Crippen LogP contribution in [0.3, 0.4) is 0 Å². The summed E-state index contributed by atoms with van der Waals surface area (Å²) in [6.07, 6.45) is 7.06. The van der Waals surface area contributed by atoms with Crippen LogP contribution in [0.1, 0.15) is 46.9 Å². The first kappa shape index (κ1) is 22.7. The summed E-state index contributed by atoms with van der Waals surface area (Å²) in [5.74, 6) is 0.611. The third kappa shape index (κ3) is 2.87. The molecule has 0 heteroatoms. The van der Waals surface area contributed by atoms with E-state index in [1.54, 1.807) is 11.1 Å². The molecule has 0 saturated heterocycles. The van der Waals surface area contributed by atoms with Crippen molar-refractivity contribution < 1.29 is 0 Å². The molecule has 0 N–H and O–H groups in total. The van der Waals surface area contributed by atoms with Crippen molar-refractivity contribution >= 4 is 38.3 Å². The van der Waals surface area contributed by atoms with Crippen LogP contribution in [0.25, 0.3) is 49.4 Å². The zero-order valence-corrected chi connectivity index (χ0v) is 23.3. The van der Waals surface area contributed by atoms with Crippen LogP contribution in [0.15, 0.2) is 139 Å². The first-order valence-corrected chi connectivity index (χ1v) is 15.2. The topological polar surface area (TPSA) is 0 Å². The monoisotopic (exact) mass is 532 g/mol. The van der Waals surface area contributed by atoms with Gasteiger partial charge >= 0.3 is 0 Å². The van der Waals surface area contributed by atoms with Crippen molar-refractivity contribution in [2.75, 3.05) is 0 Å². The summed E-state index contributed by atoms with van der Waals surface area (Å²) in [5, 5.41) is 8.35. The van der Waals surface area contributed by atoms with Crippen molar-refractivity contribution in [3.63, 3.8) is 0 Å². The molecule has 0 spiro atoms. The van der Waals surface area contributed by atoms with Crippen LogP contribution >= 0.6 is 0 Å². The minimum Gasteiger partial charge on any atom is -0.0836 e. The van der Waals surface area contributed by atoms with E-state index < -0.39 is 0 Å². The van der Waals surface area contributed by atoms with Gasteiger partial charge in [-0.3, -0.25) is 0 Å². The molecule has 0 bridgehead atoms. The maximum atomic E-state index is 2.53. The molecule has 196 valence electrons. The molecule has 2 atom stereocenters. The van der Waals surface area contributed by atoms with Gasteiger partial charge in [-0.25, -0.2) is 0 Å².